The standard InChI is InChI=1S/C10H13ClN2O2/c1-4-7(10(14)15)8-5(2)12-6(3)13-9(8)11/h7H,4H2,1-3H3,(H,14,15). The van der Waals surface area contributed by atoms with Gasteiger partial charge in [0.2, 0.25) is 0 Å². The fourth-order valence-corrected chi connectivity index (χ4v) is 1.97. The second kappa shape index (κ2) is 4.57. The van der Waals surface area contributed by atoms with Gasteiger partial charge in [0, 0.05) is 11.3 Å². The van der Waals surface area contributed by atoms with Crippen molar-refractivity contribution in [3.8, 4) is 0 Å². The number of carboxylic acids is 1. The largest absolute Gasteiger partial charge is 0.481 e. The Kier molecular flexibility index (Phi) is 3.63. The molecule has 0 saturated carbocycles. The summed E-state index contributed by atoms with van der Waals surface area (Å²) in [5.41, 5.74) is 1.17. The lowest BCUT2D eigenvalue weighted by atomic mass is 9.97. The van der Waals surface area contributed by atoms with E-state index in [4.69, 9.17) is 16.7 Å². The van der Waals surface area contributed by atoms with Gasteiger partial charge in [-0.15, -0.1) is 0 Å². The fourth-order valence-electron chi connectivity index (χ4n) is 1.58. The molecule has 0 amide bonds. The highest BCUT2D eigenvalue weighted by Crippen LogP contribution is 2.28. The average Bonchev–Trinajstić information content (AvgIpc) is 2.09. The number of nitrogens with zero attached hydrogens (tertiary/aromatic N) is 2. The van der Waals surface area contributed by atoms with Gasteiger partial charge >= 0.3 is 5.97 Å². The maximum absolute atomic E-state index is 11.0. The lowest BCUT2D eigenvalue weighted by molar-refractivity contribution is -0.138. The van der Waals surface area contributed by atoms with E-state index in [1.165, 1.54) is 0 Å². The molecule has 0 bridgehead atoms. The molecule has 0 aliphatic rings. The quantitative estimate of drug-likeness (QED) is 0.807. The Morgan fingerprint density at radius 3 is 2.47 bits per heavy atom. The van der Waals surface area contributed by atoms with Crippen LogP contribution in [0.1, 0.15) is 36.3 Å². The first-order valence-corrected chi connectivity index (χ1v) is 5.08. The summed E-state index contributed by atoms with van der Waals surface area (Å²) < 4.78 is 0. The van der Waals surface area contributed by atoms with Gasteiger partial charge in [-0.2, -0.15) is 0 Å². The van der Waals surface area contributed by atoms with E-state index in [2.05, 4.69) is 9.97 Å². The van der Waals surface area contributed by atoms with Crippen LogP contribution in [-0.4, -0.2) is 21.0 Å². The monoisotopic (exact) mass is 228 g/mol. The molecule has 15 heavy (non-hydrogen) atoms. The van der Waals surface area contributed by atoms with Gasteiger partial charge in [0.15, 0.2) is 0 Å². The van der Waals surface area contributed by atoms with Crippen molar-refractivity contribution >= 4 is 17.6 Å². The third kappa shape index (κ3) is 2.45. The molecule has 0 aromatic carbocycles. The molecular formula is C10H13ClN2O2. The Morgan fingerprint density at radius 2 is 2.07 bits per heavy atom. The number of hydrogen-bond acceptors (Lipinski definition) is 3. The van der Waals surface area contributed by atoms with Crippen LogP contribution < -0.4 is 0 Å². The third-order valence-corrected chi connectivity index (χ3v) is 2.54. The van der Waals surface area contributed by atoms with E-state index >= 15 is 0 Å². The van der Waals surface area contributed by atoms with Crippen molar-refractivity contribution < 1.29 is 9.90 Å². The second-order valence-electron chi connectivity index (χ2n) is 3.36. The van der Waals surface area contributed by atoms with Crippen LogP contribution in [0.3, 0.4) is 0 Å². The third-order valence-electron chi connectivity index (χ3n) is 2.26. The highest BCUT2D eigenvalue weighted by atomic mass is 35.5. The van der Waals surface area contributed by atoms with Crippen LogP contribution in [0.15, 0.2) is 0 Å². The van der Waals surface area contributed by atoms with Crippen LogP contribution in [0.2, 0.25) is 5.15 Å². The molecule has 0 spiro atoms. The van der Waals surface area contributed by atoms with Gasteiger partial charge in [0.25, 0.3) is 0 Å². The van der Waals surface area contributed by atoms with Crippen molar-refractivity contribution in [2.45, 2.75) is 33.1 Å². The number of hydrogen-bond donors (Lipinski definition) is 1. The summed E-state index contributed by atoms with van der Waals surface area (Å²) in [5, 5.41) is 9.28. The van der Waals surface area contributed by atoms with Crippen molar-refractivity contribution in [3.05, 3.63) is 22.2 Å². The summed E-state index contributed by atoms with van der Waals surface area (Å²) in [5.74, 6) is -0.963. The van der Waals surface area contributed by atoms with Gasteiger partial charge < -0.3 is 5.11 Å². The van der Waals surface area contributed by atoms with E-state index < -0.39 is 11.9 Å². The van der Waals surface area contributed by atoms with Crippen LogP contribution in [0.25, 0.3) is 0 Å². The van der Waals surface area contributed by atoms with Gasteiger partial charge in [0.05, 0.1) is 5.92 Å². The molecule has 82 valence electrons. The number of aliphatic carboxylic acids is 1. The lowest BCUT2D eigenvalue weighted by Crippen LogP contribution is -2.14. The molecule has 0 aliphatic carbocycles. The normalized spacial score (nSPS) is 12.5. The predicted molar refractivity (Wildman–Crippen MR) is 57.2 cm³/mol. The van der Waals surface area contributed by atoms with Crippen LogP contribution in [0, 0.1) is 13.8 Å². The first kappa shape index (κ1) is 11.9. The number of aromatic nitrogens is 2. The summed E-state index contributed by atoms with van der Waals surface area (Å²) in [6.45, 7) is 5.28. The minimum atomic E-state index is -0.894. The van der Waals surface area contributed by atoms with Gasteiger partial charge in [-0.05, 0) is 20.3 Å². The average molecular weight is 229 g/mol. The van der Waals surface area contributed by atoms with E-state index in [-0.39, 0.29) is 5.15 Å². The summed E-state index contributed by atoms with van der Waals surface area (Å²) >= 11 is 5.94. The lowest BCUT2D eigenvalue weighted by Gasteiger charge is -2.14. The van der Waals surface area contributed by atoms with Crippen molar-refractivity contribution in [1.29, 1.82) is 0 Å². The molecule has 4 nitrogen and oxygen atoms in total. The number of aryl methyl sites for hydroxylation is 2. The molecule has 1 N–H and O–H groups in total. The molecule has 0 radical (unpaired) electrons. The maximum Gasteiger partial charge on any atom is 0.311 e. The first-order chi connectivity index (χ1) is 6.97. The Labute approximate surface area is 93.3 Å². The molecule has 1 atom stereocenters. The highest BCUT2D eigenvalue weighted by molar-refractivity contribution is 6.30. The van der Waals surface area contributed by atoms with Crippen LogP contribution in [0.4, 0.5) is 0 Å². The molecule has 1 heterocycles. The zero-order chi connectivity index (χ0) is 11.6. The zero-order valence-electron chi connectivity index (χ0n) is 8.91. The second-order valence-corrected chi connectivity index (χ2v) is 3.72. The van der Waals surface area contributed by atoms with E-state index in [1.807, 2.05) is 0 Å². The Hall–Kier alpha value is -1.16. The van der Waals surface area contributed by atoms with Crippen molar-refractivity contribution in [2.75, 3.05) is 0 Å². The first-order valence-electron chi connectivity index (χ1n) is 4.70. The molecule has 1 aromatic rings. The van der Waals surface area contributed by atoms with Gasteiger partial charge in [-0.1, -0.05) is 18.5 Å². The van der Waals surface area contributed by atoms with E-state index in [1.54, 1.807) is 20.8 Å². The fraction of sp³-hybridized carbons (Fsp3) is 0.500. The molecule has 1 unspecified atom stereocenters. The summed E-state index contributed by atoms with van der Waals surface area (Å²) in [4.78, 5) is 19.1. The van der Waals surface area contributed by atoms with Crippen molar-refractivity contribution in [1.82, 2.24) is 9.97 Å². The highest BCUT2D eigenvalue weighted by Gasteiger charge is 2.24. The predicted octanol–water partition coefficient (Wildman–Crippen LogP) is 2.33. The summed E-state index contributed by atoms with van der Waals surface area (Å²) in [7, 11) is 0. The smallest absolute Gasteiger partial charge is 0.311 e. The number of halogens is 1. The number of rotatable bonds is 3. The van der Waals surface area contributed by atoms with E-state index in [9.17, 15) is 4.79 Å². The van der Waals surface area contributed by atoms with Crippen molar-refractivity contribution in [2.24, 2.45) is 0 Å². The Balaban J connectivity index is 3.29. The van der Waals surface area contributed by atoms with Gasteiger partial charge in [-0.3, -0.25) is 4.79 Å². The molecular weight excluding hydrogens is 216 g/mol. The molecule has 0 saturated heterocycles. The topological polar surface area (TPSA) is 63.1 Å². The number of carbonyl (C=O) groups is 1. The Morgan fingerprint density at radius 1 is 1.47 bits per heavy atom. The molecule has 0 aliphatic heterocycles. The van der Waals surface area contributed by atoms with E-state index in [0.29, 0.717) is 23.5 Å². The minimum absolute atomic E-state index is 0.245. The summed E-state index contributed by atoms with van der Waals surface area (Å²) in [6, 6.07) is 0. The zero-order valence-corrected chi connectivity index (χ0v) is 9.67. The molecule has 5 heteroatoms. The van der Waals surface area contributed by atoms with Crippen LogP contribution in [-0.2, 0) is 4.79 Å². The van der Waals surface area contributed by atoms with E-state index in [0.717, 1.165) is 0 Å². The summed E-state index contributed by atoms with van der Waals surface area (Å²) in [6.07, 6.45) is 0.475. The molecule has 0 fully saturated rings. The van der Waals surface area contributed by atoms with Crippen LogP contribution in [0.5, 0.6) is 0 Å². The number of carboxylic acid groups (broad SMARTS) is 1. The van der Waals surface area contributed by atoms with Crippen LogP contribution >= 0.6 is 11.6 Å². The molecule has 1 rings (SSSR count). The maximum atomic E-state index is 11.0. The Bertz CT molecular complexity index is 370. The molecule has 1 aromatic heterocycles. The minimum Gasteiger partial charge on any atom is -0.481 e. The van der Waals surface area contributed by atoms with Gasteiger partial charge in [0.1, 0.15) is 11.0 Å². The van der Waals surface area contributed by atoms with Gasteiger partial charge in [-0.25, -0.2) is 9.97 Å². The van der Waals surface area contributed by atoms with Crippen molar-refractivity contribution in [3.63, 3.8) is 0 Å². The SMILES string of the molecule is CCC(C(=O)O)c1c(C)nc(C)nc1Cl.